The zero-order chi connectivity index (χ0) is 17.8. The normalized spacial score (nSPS) is 14.7. The summed E-state index contributed by atoms with van der Waals surface area (Å²) in [6.07, 6.45) is 3.40. The lowest BCUT2D eigenvalue weighted by atomic mass is 10.3. The van der Waals surface area contributed by atoms with Gasteiger partial charge in [0, 0.05) is 19.3 Å². The van der Waals surface area contributed by atoms with Crippen LogP contribution in [0.1, 0.15) is 30.3 Å². The van der Waals surface area contributed by atoms with Crippen LogP contribution in [0.5, 0.6) is 5.75 Å². The van der Waals surface area contributed by atoms with E-state index in [1.165, 1.54) is 4.40 Å². The fraction of sp³-hybridized carbons (Fsp3) is 0.471. The van der Waals surface area contributed by atoms with E-state index in [9.17, 15) is 9.59 Å². The Kier molecular flexibility index (Phi) is 5.18. The van der Waals surface area contributed by atoms with Gasteiger partial charge in [0.05, 0.1) is 25.5 Å². The Labute approximate surface area is 145 Å². The zero-order valence-electron chi connectivity index (χ0n) is 14.2. The van der Waals surface area contributed by atoms with Gasteiger partial charge in [0.1, 0.15) is 5.65 Å². The van der Waals surface area contributed by atoms with Gasteiger partial charge < -0.3 is 20.1 Å². The lowest BCUT2D eigenvalue weighted by Crippen LogP contribution is -2.36. The summed E-state index contributed by atoms with van der Waals surface area (Å²) in [5.41, 5.74) is 6.08. The van der Waals surface area contributed by atoms with Crippen LogP contribution in [0.4, 0.5) is 5.69 Å². The number of primary amides is 1. The third-order valence-corrected chi connectivity index (χ3v) is 4.12. The highest BCUT2D eigenvalue weighted by Gasteiger charge is 2.20. The molecule has 134 valence electrons. The summed E-state index contributed by atoms with van der Waals surface area (Å²) in [6.45, 7) is 5.16. The number of carbonyl (C=O) groups is 1. The summed E-state index contributed by atoms with van der Waals surface area (Å²) in [4.78, 5) is 30.9. The van der Waals surface area contributed by atoms with E-state index in [1.807, 2.05) is 13.0 Å². The van der Waals surface area contributed by atoms with E-state index in [-0.39, 0.29) is 11.4 Å². The minimum atomic E-state index is -0.775. The second-order valence-corrected chi connectivity index (χ2v) is 5.88. The molecule has 1 fully saturated rings. The number of nitrogens with zero attached hydrogens (tertiary/aromatic N) is 3. The molecule has 0 unspecified atom stereocenters. The van der Waals surface area contributed by atoms with Gasteiger partial charge in [-0.25, -0.2) is 4.98 Å². The van der Waals surface area contributed by atoms with Crippen molar-refractivity contribution in [1.29, 1.82) is 0 Å². The van der Waals surface area contributed by atoms with Gasteiger partial charge in [0.2, 0.25) is 5.75 Å². The SMILES string of the molecule is CCCCOc1c(C(N)=O)nc2ccc(N3CCOCC3)cn2c1=O. The molecule has 0 aliphatic carbocycles. The van der Waals surface area contributed by atoms with Gasteiger partial charge in [-0.2, -0.15) is 0 Å². The Balaban J connectivity index is 2.05. The molecule has 0 bridgehead atoms. The van der Waals surface area contributed by atoms with Crippen LogP contribution in [-0.2, 0) is 4.74 Å². The van der Waals surface area contributed by atoms with E-state index in [1.54, 1.807) is 12.3 Å². The van der Waals surface area contributed by atoms with Gasteiger partial charge >= 0.3 is 5.56 Å². The third kappa shape index (κ3) is 3.58. The van der Waals surface area contributed by atoms with Gasteiger partial charge in [-0.3, -0.25) is 14.0 Å². The quantitative estimate of drug-likeness (QED) is 0.777. The van der Waals surface area contributed by atoms with Gasteiger partial charge in [-0.1, -0.05) is 13.3 Å². The predicted octanol–water partition coefficient (Wildman–Crippen LogP) is 0.809. The summed E-state index contributed by atoms with van der Waals surface area (Å²) < 4.78 is 12.3. The van der Waals surface area contributed by atoms with Gasteiger partial charge in [-0.15, -0.1) is 0 Å². The molecular formula is C17H22N4O4. The molecule has 1 amide bonds. The lowest BCUT2D eigenvalue weighted by Gasteiger charge is -2.28. The molecule has 8 heteroatoms. The minimum absolute atomic E-state index is 0.0856. The van der Waals surface area contributed by atoms with Crippen LogP contribution in [0.15, 0.2) is 23.1 Å². The first-order valence-corrected chi connectivity index (χ1v) is 8.43. The van der Waals surface area contributed by atoms with Crippen LogP contribution in [-0.4, -0.2) is 48.2 Å². The molecule has 0 saturated carbocycles. The number of hydrogen-bond acceptors (Lipinski definition) is 6. The van der Waals surface area contributed by atoms with Crippen molar-refractivity contribution in [3.05, 3.63) is 34.4 Å². The number of rotatable bonds is 6. The Morgan fingerprint density at radius 3 is 2.80 bits per heavy atom. The maximum atomic E-state index is 12.8. The molecule has 25 heavy (non-hydrogen) atoms. The summed E-state index contributed by atoms with van der Waals surface area (Å²) in [5, 5.41) is 0. The molecule has 1 aliphatic heterocycles. The number of fused-ring (bicyclic) bond motifs is 1. The summed E-state index contributed by atoms with van der Waals surface area (Å²) in [5.74, 6) is -0.860. The highest BCUT2D eigenvalue weighted by molar-refractivity contribution is 5.94. The van der Waals surface area contributed by atoms with Crippen molar-refractivity contribution in [3.8, 4) is 5.75 Å². The largest absolute Gasteiger partial charge is 0.486 e. The van der Waals surface area contributed by atoms with Crippen molar-refractivity contribution in [2.24, 2.45) is 5.73 Å². The number of amides is 1. The van der Waals surface area contributed by atoms with Crippen molar-refractivity contribution < 1.29 is 14.3 Å². The number of morpholine rings is 1. The van der Waals surface area contributed by atoms with E-state index >= 15 is 0 Å². The lowest BCUT2D eigenvalue weighted by molar-refractivity contribution is 0.0990. The van der Waals surface area contributed by atoms with Gasteiger partial charge in [0.15, 0.2) is 5.69 Å². The summed E-state index contributed by atoms with van der Waals surface area (Å²) in [6, 6.07) is 3.57. The Hall–Kier alpha value is -2.61. The second kappa shape index (κ2) is 7.52. The number of aromatic nitrogens is 2. The van der Waals surface area contributed by atoms with Crippen molar-refractivity contribution in [1.82, 2.24) is 9.38 Å². The maximum absolute atomic E-state index is 12.8. The van der Waals surface area contributed by atoms with Crippen LogP contribution in [0.25, 0.3) is 5.65 Å². The number of ether oxygens (including phenoxy) is 2. The molecular weight excluding hydrogens is 324 g/mol. The molecule has 0 radical (unpaired) electrons. The minimum Gasteiger partial charge on any atom is -0.486 e. The third-order valence-electron chi connectivity index (χ3n) is 4.12. The molecule has 3 heterocycles. The van der Waals surface area contributed by atoms with Gasteiger partial charge in [0.25, 0.3) is 5.91 Å². The first-order chi connectivity index (χ1) is 12.1. The van der Waals surface area contributed by atoms with Crippen LogP contribution in [0.3, 0.4) is 0 Å². The van der Waals surface area contributed by atoms with Crippen LogP contribution in [0, 0.1) is 0 Å². The average Bonchev–Trinajstić information content (AvgIpc) is 2.64. The number of nitrogens with two attached hydrogens (primary N) is 1. The standard InChI is InChI=1S/C17H22N4O4/c1-2-3-8-25-15-14(16(18)22)19-13-5-4-12(11-21(13)17(15)23)20-6-9-24-10-7-20/h4-5,11H,2-3,6-10H2,1H3,(H2,18,22). The number of pyridine rings is 1. The predicted molar refractivity (Wildman–Crippen MR) is 93.4 cm³/mol. The molecule has 0 atom stereocenters. The first kappa shape index (κ1) is 17.2. The highest BCUT2D eigenvalue weighted by atomic mass is 16.5. The zero-order valence-corrected chi connectivity index (χ0v) is 14.2. The van der Waals surface area contributed by atoms with E-state index in [0.29, 0.717) is 25.5 Å². The molecule has 0 spiro atoms. The number of anilines is 1. The Bertz CT molecular complexity index is 827. The molecule has 2 aromatic rings. The molecule has 2 N–H and O–H groups in total. The Morgan fingerprint density at radius 1 is 1.36 bits per heavy atom. The van der Waals surface area contributed by atoms with E-state index in [4.69, 9.17) is 15.2 Å². The highest BCUT2D eigenvalue weighted by Crippen LogP contribution is 2.18. The number of carbonyl (C=O) groups excluding carboxylic acids is 1. The van der Waals surface area contributed by atoms with Crippen molar-refractivity contribution >= 4 is 17.2 Å². The van der Waals surface area contributed by atoms with Gasteiger partial charge in [-0.05, 0) is 18.6 Å². The molecule has 8 nitrogen and oxygen atoms in total. The summed E-state index contributed by atoms with van der Waals surface area (Å²) in [7, 11) is 0. The summed E-state index contributed by atoms with van der Waals surface area (Å²) >= 11 is 0. The molecule has 0 aromatic carbocycles. The fourth-order valence-corrected chi connectivity index (χ4v) is 2.74. The van der Waals surface area contributed by atoms with Crippen LogP contribution >= 0.6 is 0 Å². The molecule has 2 aromatic heterocycles. The van der Waals surface area contributed by atoms with Crippen molar-refractivity contribution in [2.75, 3.05) is 37.8 Å². The topological polar surface area (TPSA) is 99.2 Å². The number of unbranched alkanes of at least 4 members (excludes halogenated alkanes) is 1. The van der Waals surface area contributed by atoms with Crippen LogP contribution in [0.2, 0.25) is 0 Å². The average molecular weight is 346 g/mol. The van der Waals surface area contributed by atoms with E-state index in [2.05, 4.69) is 9.88 Å². The molecule has 1 aliphatic rings. The molecule has 1 saturated heterocycles. The number of hydrogen-bond donors (Lipinski definition) is 1. The monoisotopic (exact) mass is 346 g/mol. The fourth-order valence-electron chi connectivity index (χ4n) is 2.74. The van der Waals surface area contributed by atoms with E-state index < -0.39 is 11.5 Å². The van der Waals surface area contributed by atoms with E-state index in [0.717, 1.165) is 31.6 Å². The maximum Gasteiger partial charge on any atom is 0.301 e. The van der Waals surface area contributed by atoms with Crippen molar-refractivity contribution in [3.63, 3.8) is 0 Å². The first-order valence-electron chi connectivity index (χ1n) is 8.43. The van der Waals surface area contributed by atoms with Crippen LogP contribution < -0.4 is 20.9 Å². The second-order valence-electron chi connectivity index (χ2n) is 5.88. The van der Waals surface area contributed by atoms with Crippen molar-refractivity contribution in [2.45, 2.75) is 19.8 Å². The smallest absolute Gasteiger partial charge is 0.301 e. The molecule has 3 rings (SSSR count). The Morgan fingerprint density at radius 2 is 2.12 bits per heavy atom.